The largest absolute Gasteiger partial charge is 0.356 e. The predicted octanol–water partition coefficient (Wildman–Crippen LogP) is 6.54. The Labute approximate surface area is 182 Å². The first-order chi connectivity index (χ1) is 14.8. The van der Waals surface area contributed by atoms with Crippen LogP contribution in [0.1, 0.15) is 30.6 Å². The summed E-state index contributed by atoms with van der Waals surface area (Å²) in [7, 11) is 0. The van der Waals surface area contributed by atoms with E-state index in [0.29, 0.717) is 0 Å². The topological polar surface area (TPSA) is 31.1 Å². The first-order valence-corrected chi connectivity index (χ1v) is 11.0. The summed E-state index contributed by atoms with van der Waals surface area (Å²) >= 11 is 5.92. The van der Waals surface area contributed by atoms with E-state index in [1.54, 1.807) is 0 Å². The maximum Gasteiger partial charge on any atom is 0.174 e. The average molecular weight is 412 g/mol. The van der Waals surface area contributed by atoms with Crippen molar-refractivity contribution in [1.29, 1.82) is 0 Å². The van der Waals surface area contributed by atoms with Gasteiger partial charge < -0.3 is 15.2 Å². The highest BCUT2D eigenvalue weighted by atomic mass is 32.1. The zero-order chi connectivity index (χ0) is 20.5. The number of hydrogen-bond donors (Lipinski definition) is 2. The van der Waals surface area contributed by atoms with Gasteiger partial charge in [-0.1, -0.05) is 73.7 Å². The Morgan fingerprint density at radius 3 is 2.57 bits per heavy atom. The van der Waals surface area contributed by atoms with Crippen molar-refractivity contribution in [2.24, 2.45) is 0 Å². The van der Waals surface area contributed by atoms with Crippen LogP contribution in [0.2, 0.25) is 0 Å². The Bertz CT molecular complexity index is 1200. The second-order valence-corrected chi connectivity index (χ2v) is 8.16. The Morgan fingerprint density at radius 2 is 1.73 bits per heavy atom. The van der Waals surface area contributed by atoms with Gasteiger partial charge >= 0.3 is 0 Å². The number of benzene rings is 3. The first kappa shape index (κ1) is 18.9. The van der Waals surface area contributed by atoms with E-state index >= 15 is 0 Å². The van der Waals surface area contributed by atoms with Crippen molar-refractivity contribution >= 4 is 33.9 Å². The van der Waals surface area contributed by atoms with Crippen molar-refractivity contribution in [3.05, 3.63) is 90.1 Å². The normalized spacial score (nSPS) is 15.8. The molecule has 30 heavy (non-hydrogen) atoms. The molecule has 150 valence electrons. The van der Waals surface area contributed by atoms with Gasteiger partial charge in [-0.2, -0.15) is 0 Å². The molecule has 1 unspecified atom stereocenters. The fourth-order valence-corrected chi connectivity index (χ4v) is 4.96. The molecule has 0 saturated carbocycles. The first-order valence-electron chi connectivity index (χ1n) is 10.6. The van der Waals surface area contributed by atoms with Crippen LogP contribution in [0.4, 0.5) is 5.69 Å². The summed E-state index contributed by atoms with van der Waals surface area (Å²) in [5, 5.41) is 5.68. The molecule has 5 rings (SSSR count). The van der Waals surface area contributed by atoms with E-state index in [1.165, 1.54) is 27.7 Å². The fraction of sp³-hybridized carbons (Fsp3) is 0.192. The van der Waals surface area contributed by atoms with E-state index in [-0.39, 0.29) is 6.04 Å². The molecule has 4 aromatic rings. The standard InChI is InChI=1S/C26H25N3S/c1-2-24-25-21(20-13-7-9-15-23(20)27-25)16-17-29(24)26(30)28-22-14-8-6-12-19(22)18-10-4-3-5-11-18/h3-15,24,27H,2,16-17H2,1H3,(H,28,30). The molecule has 0 amide bonds. The van der Waals surface area contributed by atoms with E-state index in [1.807, 2.05) is 6.07 Å². The molecule has 1 atom stereocenters. The van der Waals surface area contributed by atoms with E-state index in [9.17, 15) is 0 Å². The van der Waals surface area contributed by atoms with Gasteiger partial charge in [0.05, 0.1) is 6.04 Å². The lowest BCUT2D eigenvalue weighted by molar-refractivity contribution is 0.291. The molecule has 4 heteroatoms. The van der Waals surface area contributed by atoms with Crippen molar-refractivity contribution in [1.82, 2.24) is 9.88 Å². The smallest absolute Gasteiger partial charge is 0.174 e. The summed E-state index contributed by atoms with van der Waals surface area (Å²) in [5.41, 5.74) is 7.37. The number of hydrogen-bond acceptors (Lipinski definition) is 1. The van der Waals surface area contributed by atoms with Crippen molar-refractivity contribution in [2.45, 2.75) is 25.8 Å². The molecular formula is C26H25N3S. The zero-order valence-corrected chi connectivity index (χ0v) is 17.9. The van der Waals surface area contributed by atoms with Gasteiger partial charge in [0.25, 0.3) is 0 Å². The fourth-order valence-electron chi connectivity index (χ4n) is 4.63. The molecule has 3 aromatic carbocycles. The van der Waals surface area contributed by atoms with Crippen LogP contribution in [-0.2, 0) is 6.42 Å². The lowest BCUT2D eigenvalue weighted by atomic mass is 9.96. The minimum Gasteiger partial charge on any atom is -0.356 e. The number of H-pyrrole nitrogens is 1. The van der Waals surface area contributed by atoms with Gasteiger partial charge in [-0.05, 0) is 48.3 Å². The quantitative estimate of drug-likeness (QED) is 0.375. The van der Waals surface area contributed by atoms with E-state index in [0.717, 1.165) is 35.7 Å². The SMILES string of the molecule is CCC1c2[nH]c3ccccc3c2CCN1C(=S)Nc1ccccc1-c1ccccc1. The minimum atomic E-state index is 0.255. The van der Waals surface area contributed by atoms with Crippen LogP contribution in [0.25, 0.3) is 22.0 Å². The average Bonchev–Trinajstić information content (AvgIpc) is 3.18. The van der Waals surface area contributed by atoms with Crippen LogP contribution in [0.3, 0.4) is 0 Å². The van der Waals surface area contributed by atoms with E-state index in [2.05, 4.69) is 94.9 Å². The Balaban J connectivity index is 1.45. The van der Waals surface area contributed by atoms with E-state index < -0.39 is 0 Å². The van der Waals surface area contributed by atoms with Gasteiger partial charge in [0.2, 0.25) is 0 Å². The van der Waals surface area contributed by atoms with Crippen LogP contribution in [0, 0.1) is 0 Å². The Morgan fingerprint density at radius 1 is 1.00 bits per heavy atom. The van der Waals surface area contributed by atoms with Gasteiger partial charge in [-0.25, -0.2) is 0 Å². The van der Waals surface area contributed by atoms with Gasteiger partial charge in [0, 0.05) is 34.4 Å². The van der Waals surface area contributed by atoms with Gasteiger partial charge in [-0.3, -0.25) is 0 Å². The van der Waals surface area contributed by atoms with Gasteiger partial charge in [-0.15, -0.1) is 0 Å². The number of rotatable bonds is 3. The number of anilines is 1. The van der Waals surface area contributed by atoms with Crippen LogP contribution < -0.4 is 5.32 Å². The maximum absolute atomic E-state index is 5.92. The molecule has 3 nitrogen and oxygen atoms in total. The minimum absolute atomic E-state index is 0.255. The molecule has 0 aliphatic carbocycles. The molecule has 0 spiro atoms. The summed E-state index contributed by atoms with van der Waals surface area (Å²) in [5.74, 6) is 0. The lowest BCUT2D eigenvalue weighted by Gasteiger charge is -2.37. The van der Waals surface area contributed by atoms with Crippen LogP contribution in [0.15, 0.2) is 78.9 Å². The molecule has 2 heterocycles. The molecule has 0 fully saturated rings. The van der Waals surface area contributed by atoms with Gasteiger partial charge in [0.15, 0.2) is 5.11 Å². The molecule has 1 aliphatic rings. The van der Waals surface area contributed by atoms with Crippen molar-refractivity contribution < 1.29 is 0 Å². The molecule has 1 aliphatic heterocycles. The number of fused-ring (bicyclic) bond motifs is 3. The molecule has 0 saturated heterocycles. The Kier molecular flexibility index (Phi) is 5.01. The highest BCUT2D eigenvalue weighted by molar-refractivity contribution is 7.80. The highest BCUT2D eigenvalue weighted by Crippen LogP contribution is 2.37. The number of thiocarbonyl (C=S) groups is 1. The number of nitrogens with zero attached hydrogens (tertiary/aromatic N) is 1. The molecule has 2 N–H and O–H groups in total. The summed E-state index contributed by atoms with van der Waals surface area (Å²) < 4.78 is 0. The summed E-state index contributed by atoms with van der Waals surface area (Å²) in [6.07, 6.45) is 2.00. The molecule has 0 bridgehead atoms. The maximum atomic E-state index is 5.92. The van der Waals surface area contributed by atoms with E-state index in [4.69, 9.17) is 12.2 Å². The third-order valence-corrected chi connectivity index (χ3v) is 6.40. The number of nitrogens with one attached hydrogen (secondary N) is 2. The molecular weight excluding hydrogens is 386 g/mol. The third kappa shape index (κ3) is 3.27. The zero-order valence-electron chi connectivity index (χ0n) is 17.1. The predicted molar refractivity (Wildman–Crippen MR) is 130 cm³/mol. The third-order valence-electron chi connectivity index (χ3n) is 6.06. The van der Waals surface area contributed by atoms with Crippen molar-refractivity contribution in [3.63, 3.8) is 0 Å². The summed E-state index contributed by atoms with van der Waals surface area (Å²) in [6.45, 7) is 3.16. The number of aromatic nitrogens is 1. The summed E-state index contributed by atoms with van der Waals surface area (Å²) in [4.78, 5) is 6.02. The Hall–Kier alpha value is -3.11. The molecule has 0 radical (unpaired) electrons. The van der Waals surface area contributed by atoms with Crippen molar-refractivity contribution in [3.8, 4) is 11.1 Å². The van der Waals surface area contributed by atoms with Gasteiger partial charge in [0.1, 0.15) is 0 Å². The monoisotopic (exact) mass is 411 g/mol. The van der Waals surface area contributed by atoms with Crippen molar-refractivity contribution in [2.75, 3.05) is 11.9 Å². The second kappa shape index (κ2) is 7.96. The van der Waals surface area contributed by atoms with Crippen LogP contribution in [0.5, 0.6) is 0 Å². The highest BCUT2D eigenvalue weighted by Gasteiger charge is 2.30. The van der Waals surface area contributed by atoms with Crippen LogP contribution >= 0.6 is 12.2 Å². The number of para-hydroxylation sites is 2. The summed E-state index contributed by atoms with van der Waals surface area (Å²) in [6, 6.07) is 27.7. The van der Waals surface area contributed by atoms with Crippen LogP contribution in [-0.4, -0.2) is 21.5 Å². The lowest BCUT2D eigenvalue weighted by Crippen LogP contribution is -2.42. The number of aromatic amines is 1. The second-order valence-electron chi connectivity index (χ2n) is 7.77. The molecule has 1 aromatic heterocycles.